The lowest BCUT2D eigenvalue weighted by Gasteiger charge is -2.43. The standard InChI is InChI=1S/C13H19N3OS/c1-10-14-12(9-18-10)13(17)16-7-6-15-5-3-2-4-11(15)8-16/h9,11H,2-8H2,1H3. The fraction of sp³-hybridized carbons (Fsp3) is 0.692. The van der Waals surface area contributed by atoms with E-state index in [1.54, 1.807) is 11.3 Å². The van der Waals surface area contributed by atoms with Crippen LogP contribution in [0, 0.1) is 6.92 Å². The van der Waals surface area contributed by atoms with Gasteiger partial charge >= 0.3 is 0 Å². The van der Waals surface area contributed by atoms with Crippen LogP contribution < -0.4 is 0 Å². The fourth-order valence-corrected chi connectivity index (χ4v) is 3.55. The molecule has 1 unspecified atom stereocenters. The maximum absolute atomic E-state index is 12.3. The van der Waals surface area contributed by atoms with Crippen molar-refractivity contribution in [2.75, 3.05) is 26.2 Å². The van der Waals surface area contributed by atoms with Crippen LogP contribution in [0.5, 0.6) is 0 Å². The number of hydrogen-bond acceptors (Lipinski definition) is 4. The van der Waals surface area contributed by atoms with E-state index in [-0.39, 0.29) is 5.91 Å². The average Bonchev–Trinajstić information content (AvgIpc) is 2.84. The number of amides is 1. The lowest BCUT2D eigenvalue weighted by Crippen LogP contribution is -2.56. The van der Waals surface area contributed by atoms with Gasteiger partial charge in [0, 0.05) is 31.1 Å². The first-order valence-corrected chi connectivity index (χ1v) is 7.57. The first-order chi connectivity index (χ1) is 8.74. The van der Waals surface area contributed by atoms with Gasteiger partial charge in [-0.15, -0.1) is 11.3 Å². The normalized spacial score (nSPS) is 24.9. The van der Waals surface area contributed by atoms with Crippen LogP contribution in [0.2, 0.25) is 0 Å². The Balaban J connectivity index is 1.68. The molecule has 0 aromatic carbocycles. The summed E-state index contributed by atoms with van der Waals surface area (Å²) in [6.07, 6.45) is 3.86. The molecule has 1 amide bonds. The van der Waals surface area contributed by atoms with E-state index in [9.17, 15) is 4.79 Å². The molecular weight excluding hydrogens is 246 g/mol. The van der Waals surface area contributed by atoms with E-state index in [0.717, 1.165) is 24.6 Å². The van der Waals surface area contributed by atoms with Gasteiger partial charge in [-0.2, -0.15) is 0 Å². The number of nitrogens with zero attached hydrogens (tertiary/aromatic N) is 3. The molecule has 18 heavy (non-hydrogen) atoms. The summed E-state index contributed by atoms with van der Waals surface area (Å²) in [6.45, 7) is 5.92. The highest BCUT2D eigenvalue weighted by Crippen LogP contribution is 2.22. The second-order valence-corrected chi connectivity index (χ2v) is 6.25. The molecule has 0 radical (unpaired) electrons. The number of fused-ring (bicyclic) bond motifs is 1. The molecular formula is C13H19N3OS. The molecule has 5 heteroatoms. The van der Waals surface area contributed by atoms with Crippen LogP contribution >= 0.6 is 11.3 Å². The smallest absolute Gasteiger partial charge is 0.273 e. The number of rotatable bonds is 1. The monoisotopic (exact) mass is 265 g/mol. The van der Waals surface area contributed by atoms with Crippen LogP contribution in [0.1, 0.15) is 34.8 Å². The van der Waals surface area contributed by atoms with Crippen molar-refractivity contribution in [3.63, 3.8) is 0 Å². The third kappa shape index (κ3) is 2.29. The van der Waals surface area contributed by atoms with Crippen molar-refractivity contribution in [3.05, 3.63) is 16.1 Å². The first kappa shape index (κ1) is 12.1. The Morgan fingerprint density at radius 1 is 1.39 bits per heavy atom. The number of carbonyl (C=O) groups excluding carboxylic acids is 1. The minimum absolute atomic E-state index is 0.115. The molecule has 2 aliphatic heterocycles. The number of aromatic nitrogens is 1. The summed E-state index contributed by atoms with van der Waals surface area (Å²) in [5, 5.41) is 2.85. The van der Waals surface area contributed by atoms with Crippen molar-refractivity contribution in [3.8, 4) is 0 Å². The highest BCUT2D eigenvalue weighted by Gasteiger charge is 2.31. The van der Waals surface area contributed by atoms with E-state index in [1.807, 2.05) is 17.2 Å². The predicted molar refractivity (Wildman–Crippen MR) is 72.0 cm³/mol. The molecule has 2 fully saturated rings. The zero-order chi connectivity index (χ0) is 12.5. The van der Waals surface area contributed by atoms with Crippen molar-refractivity contribution < 1.29 is 4.79 Å². The van der Waals surface area contributed by atoms with Gasteiger partial charge in [-0.05, 0) is 26.3 Å². The summed E-state index contributed by atoms with van der Waals surface area (Å²) < 4.78 is 0. The van der Waals surface area contributed by atoms with E-state index in [0.29, 0.717) is 11.7 Å². The lowest BCUT2D eigenvalue weighted by molar-refractivity contribution is 0.0369. The van der Waals surface area contributed by atoms with Gasteiger partial charge in [-0.25, -0.2) is 4.98 Å². The zero-order valence-corrected chi connectivity index (χ0v) is 11.6. The molecule has 2 saturated heterocycles. The second kappa shape index (κ2) is 4.97. The summed E-state index contributed by atoms with van der Waals surface area (Å²) in [5.74, 6) is 0.115. The highest BCUT2D eigenvalue weighted by atomic mass is 32.1. The number of aryl methyl sites for hydroxylation is 1. The second-order valence-electron chi connectivity index (χ2n) is 5.19. The molecule has 0 aliphatic carbocycles. The van der Waals surface area contributed by atoms with Crippen molar-refractivity contribution in [2.24, 2.45) is 0 Å². The SMILES string of the molecule is Cc1nc(C(=O)N2CCN3CCCCC3C2)cs1. The van der Waals surface area contributed by atoms with Gasteiger partial charge in [0.25, 0.3) is 5.91 Å². The van der Waals surface area contributed by atoms with Gasteiger partial charge in [0.05, 0.1) is 5.01 Å². The maximum Gasteiger partial charge on any atom is 0.273 e. The van der Waals surface area contributed by atoms with Crippen LogP contribution in [0.3, 0.4) is 0 Å². The summed E-state index contributed by atoms with van der Waals surface area (Å²) in [6, 6.07) is 0.580. The van der Waals surface area contributed by atoms with Gasteiger partial charge in [0.2, 0.25) is 0 Å². The summed E-state index contributed by atoms with van der Waals surface area (Å²) in [7, 11) is 0. The quantitative estimate of drug-likeness (QED) is 0.776. The Labute approximate surface area is 112 Å². The van der Waals surface area contributed by atoms with Crippen LogP contribution in [0.25, 0.3) is 0 Å². The Bertz CT molecular complexity index is 445. The van der Waals surface area contributed by atoms with E-state index in [4.69, 9.17) is 0 Å². The zero-order valence-electron chi connectivity index (χ0n) is 10.8. The van der Waals surface area contributed by atoms with Crippen molar-refractivity contribution in [1.29, 1.82) is 0 Å². The number of hydrogen-bond donors (Lipinski definition) is 0. The molecule has 2 aliphatic rings. The predicted octanol–water partition coefficient (Wildman–Crippen LogP) is 1.76. The minimum Gasteiger partial charge on any atom is -0.334 e. The largest absolute Gasteiger partial charge is 0.334 e. The van der Waals surface area contributed by atoms with Crippen molar-refractivity contribution in [2.45, 2.75) is 32.2 Å². The highest BCUT2D eigenvalue weighted by molar-refractivity contribution is 7.09. The number of carbonyl (C=O) groups is 1. The molecule has 3 heterocycles. The van der Waals surface area contributed by atoms with E-state index < -0.39 is 0 Å². The molecule has 1 aromatic rings. The Morgan fingerprint density at radius 3 is 3.06 bits per heavy atom. The number of piperidine rings is 1. The van der Waals surface area contributed by atoms with E-state index in [1.165, 1.54) is 25.8 Å². The Kier molecular flexibility index (Phi) is 3.35. The van der Waals surface area contributed by atoms with Crippen LogP contribution in [0.4, 0.5) is 0 Å². The lowest BCUT2D eigenvalue weighted by atomic mass is 9.99. The van der Waals surface area contributed by atoms with E-state index >= 15 is 0 Å². The summed E-state index contributed by atoms with van der Waals surface area (Å²) in [5.41, 5.74) is 0.627. The fourth-order valence-electron chi connectivity index (χ4n) is 2.96. The molecule has 1 atom stereocenters. The maximum atomic E-state index is 12.3. The third-order valence-electron chi connectivity index (χ3n) is 3.96. The topological polar surface area (TPSA) is 36.4 Å². The molecule has 3 rings (SSSR count). The first-order valence-electron chi connectivity index (χ1n) is 6.69. The third-order valence-corrected chi connectivity index (χ3v) is 4.74. The average molecular weight is 265 g/mol. The Hall–Kier alpha value is -0.940. The molecule has 0 saturated carbocycles. The number of thiazole rings is 1. The number of piperazine rings is 1. The summed E-state index contributed by atoms with van der Waals surface area (Å²) >= 11 is 1.55. The molecule has 0 bridgehead atoms. The van der Waals surface area contributed by atoms with Crippen molar-refractivity contribution >= 4 is 17.2 Å². The van der Waals surface area contributed by atoms with Crippen LogP contribution in [0.15, 0.2) is 5.38 Å². The van der Waals surface area contributed by atoms with Crippen LogP contribution in [-0.2, 0) is 0 Å². The Morgan fingerprint density at radius 2 is 2.28 bits per heavy atom. The van der Waals surface area contributed by atoms with E-state index in [2.05, 4.69) is 9.88 Å². The molecule has 1 aromatic heterocycles. The molecule has 98 valence electrons. The van der Waals surface area contributed by atoms with Gasteiger partial charge in [-0.1, -0.05) is 6.42 Å². The van der Waals surface area contributed by atoms with Gasteiger partial charge in [0.1, 0.15) is 5.69 Å². The summed E-state index contributed by atoms with van der Waals surface area (Å²) in [4.78, 5) is 21.2. The minimum atomic E-state index is 0.115. The van der Waals surface area contributed by atoms with Gasteiger partial charge in [0.15, 0.2) is 0 Å². The van der Waals surface area contributed by atoms with Gasteiger partial charge < -0.3 is 4.90 Å². The molecule has 0 N–H and O–H groups in total. The van der Waals surface area contributed by atoms with Crippen LogP contribution in [-0.4, -0.2) is 52.9 Å². The van der Waals surface area contributed by atoms with Gasteiger partial charge in [-0.3, -0.25) is 9.69 Å². The van der Waals surface area contributed by atoms with Crippen molar-refractivity contribution in [1.82, 2.24) is 14.8 Å². The molecule has 4 nitrogen and oxygen atoms in total. The molecule has 0 spiro atoms.